The molecule has 0 atom stereocenters. The third-order valence-corrected chi connectivity index (χ3v) is 7.02. The van der Waals surface area contributed by atoms with Crippen molar-refractivity contribution in [1.29, 1.82) is 0 Å². The summed E-state index contributed by atoms with van der Waals surface area (Å²) in [6.07, 6.45) is -4.35. The van der Waals surface area contributed by atoms with Crippen molar-refractivity contribution in [2.24, 2.45) is 0 Å². The lowest BCUT2D eigenvalue weighted by Gasteiger charge is -2.15. The lowest BCUT2D eigenvalue weighted by atomic mass is 10.0. The molecule has 0 radical (unpaired) electrons. The van der Waals surface area contributed by atoms with E-state index in [4.69, 9.17) is 11.6 Å². The second kappa shape index (κ2) is 10.5. The van der Waals surface area contributed by atoms with Gasteiger partial charge in [0.2, 0.25) is 5.91 Å². The van der Waals surface area contributed by atoms with E-state index in [1.807, 2.05) is 0 Å². The highest BCUT2D eigenvalue weighted by Gasteiger charge is 2.32. The Labute approximate surface area is 200 Å². The maximum atomic E-state index is 12.7. The minimum absolute atomic E-state index is 0.00423. The Morgan fingerprint density at radius 1 is 1.00 bits per heavy atom. The topological polar surface area (TPSA) is 72.5 Å². The first-order chi connectivity index (χ1) is 16.0. The number of hydrogen-bond acceptors (Lipinski definition) is 4. The summed E-state index contributed by atoms with van der Waals surface area (Å²) in [6.45, 7) is 1.78. The fourth-order valence-electron chi connectivity index (χ4n) is 3.31. The molecule has 10 heteroatoms. The van der Waals surface area contributed by atoms with Crippen molar-refractivity contribution >= 4 is 33.0 Å². The van der Waals surface area contributed by atoms with E-state index in [1.54, 1.807) is 25.1 Å². The Balaban J connectivity index is 1.71. The number of anilines is 1. The van der Waals surface area contributed by atoms with Crippen molar-refractivity contribution in [3.63, 3.8) is 0 Å². The summed E-state index contributed by atoms with van der Waals surface area (Å²) < 4.78 is 66.4. The van der Waals surface area contributed by atoms with Gasteiger partial charge in [0.25, 0.3) is 0 Å². The molecule has 0 aromatic heterocycles. The van der Waals surface area contributed by atoms with E-state index in [0.717, 1.165) is 0 Å². The van der Waals surface area contributed by atoms with Crippen molar-refractivity contribution in [2.45, 2.75) is 31.0 Å². The predicted octanol–water partition coefficient (Wildman–Crippen LogP) is 6.27. The minimum atomic E-state index is -4.85. The smallest absolute Gasteiger partial charge is 0.405 e. The molecule has 5 nitrogen and oxygen atoms in total. The number of carbonyl (C=O) groups is 1. The molecule has 1 N–H and O–H groups in total. The number of carbonyl (C=O) groups excluding carboxylic acids is 1. The van der Waals surface area contributed by atoms with E-state index < -0.39 is 21.9 Å². The molecule has 0 saturated heterocycles. The number of ether oxygens (including phenoxy) is 1. The van der Waals surface area contributed by atoms with Crippen LogP contribution >= 0.6 is 11.6 Å². The molecule has 0 aliphatic heterocycles. The number of rotatable bonds is 8. The van der Waals surface area contributed by atoms with Crippen molar-refractivity contribution in [1.82, 2.24) is 0 Å². The average Bonchev–Trinajstić information content (AvgIpc) is 2.74. The fourth-order valence-corrected chi connectivity index (χ4v) is 4.91. The first-order valence-corrected chi connectivity index (χ1v) is 12.3. The van der Waals surface area contributed by atoms with Crippen LogP contribution in [0.25, 0.3) is 11.1 Å². The van der Waals surface area contributed by atoms with Gasteiger partial charge in [-0.05, 0) is 42.3 Å². The van der Waals surface area contributed by atoms with Gasteiger partial charge in [-0.25, -0.2) is 8.42 Å². The van der Waals surface area contributed by atoms with E-state index in [9.17, 15) is 26.4 Å². The molecule has 0 aliphatic carbocycles. The first-order valence-electron chi connectivity index (χ1n) is 10.2. The number of sulfone groups is 1. The van der Waals surface area contributed by atoms with Gasteiger partial charge in [-0.2, -0.15) is 0 Å². The molecule has 3 aromatic rings. The van der Waals surface area contributed by atoms with Crippen LogP contribution in [0, 0.1) is 0 Å². The van der Waals surface area contributed by atoms with Gasteiger partial charge in [0.1, 0.15) is 5.75 Å². The molecule has 1 amide bonds. The number of para-hydroxylation sites is 1. The van der Waals surface area contributed by atoms with Crippen LogP contribution in [0.4, 0.5) is 18.9 Å². The van der Waals surface area contributed by atoms with Crippen LogP contribution in [0.15, 0.2) is 71.6 Å². The van der Waals surface area contributed by atoms with Gasteiger partial charge in [0.05, 0.1) is 22.1 Å². The molecule has 0 saturated carbocycles. The second-order valence-corrected chi connectivity index (χ2v) is 9.94. The van der Waals surface area contributed by atoms with Gasteiger partial charge in [-0.3, -0.25) is 4.79 Å². The summed E-state index contributed by atoms with van der Waals surface area (Å²) in [6, 6.07) is 16.2. The summed E-state index contributed by atoms with van der Waals surface area (Å²) in [5.41, 5.74) is 1.44. The van der Waals surface area contributed by atoms with Crippen molar-refractivity contribution < 1.29 is 31.1 Å². The van der Waals surface area contributed by atoms with Crippen LogP contribution in [0.2, 0.25) is 5.02 Å². The van der Waals surface area contributed by atoms with E-state index in [2.05, 4.69) is 10.1 Å². The number of halogens is 4. The van der Waals surface area contributed by atoms with E-state index in [1.165, 1.54) is 48.5 Å². The first kappa shape index (κ1) is 25.6. The molecule has 0 unspecified atom stereocenters. The van der Waals surface area contributed by atoms with Gasteiger partial charge in [0.15, 0.2) is 9.84 Å². The lowest BCUT2D eigenvalue weighted by molar-refractivity contribution is -0.274. The maximum Gasteiger partial charge on any atom is 0.573 e. The zero-order chi connectivity index (χ0) is 24.9. The summed E-state index contributed by atoms with van der Waals surface area (Å²) in [4.78, 5) is 12.6. The number of amides is 1. The molecule has 0 fully saturated rings. The second-order valence-electron chi connectivity index (χ2n) is 7.43. The highest BCUT2D eigenvalue weighted by molar-refractivity contribution is 7.91. The van der Waals surface area contributed by atoms with Crippen LogP contribution < -0.4 is 10.1 Å². The number of nitrogens with one attached hydrogen (secondary N) is 1. The zero-order valence-corrected chi connectivity index (χ0v) is 19.6. The van der Waals surface area contributed by atoms with Crippen LogP contribution in [-0.2, 0) is 21.1 Å². The Bertz CT molecular complexity index is 1280. The monoisotopic (exact) mass is 511 g/mol. The number of benzene rings is 3. The van der Waals surface area contributed by atoms with Gasteiger partial charge in [0, 0.05) is 16.8 Å². The Morgan fingerprint density at radius 3 is 2.29 bits per heavy atom. The highest BCUT2D eigenvalue weighted by atomic mass is 35.5. The normalized spacial score (nSPS) is 11.8. The molecule has 34 heavy (non-hydrogen) atoms. The summed E-state index contributed by atoms with van der Waals surface area (Å²) in [5.74, 6) is -0.706. The predicted molar refractivity (Wildman–Crippen MR) is 125 cm³/mol. The molecule has 0 aliphatic rings. The van der Waals surface area contributed by atoms with Crippen LogP contribution in [0.3, 0.4) is 0 Å². The third kappa shape index (κ3) is 6.74. The lowest BCUT2D eigenvalue weighted by Crippen LogP contribution is -2.17. The SMILES string of the molecule is CCCS(=O)(=O)c1ccc(CC(=O)Nc2ccc(-c3ccccc3OC(F)(F)F)c(Cl)c2)cc1. The van der Waals surface area contributed by atoms with Gasteiger partial charge < -0.3 is 10.1 Å². The van der Waals surface area contributed by atoms with Crippen molar-refractivity contribution in [3.05, 3.63) is 77.3 Å². The van der Waals surface area contributed by atoms with Crippen LogP contribution in [-0.4, -0.2) is 26.4 Å². The Hall–Kier alpha value is -3.04. The summed E-state index contributed by atoms with van der Waals surface area (Å²) in [7, 11) is -3.34. The number of hydrogen-bond donors (Lipinski definition) is 1. The van der Waals surface area contributed by atoms with Crippen LogP contribution in [0.1, 0.15) is 18.9 Å². The summed E-state index contributed by atoms with van der Waals surface area (Å²) >= 11 is 6.29. The minimum Gasteiger partial charge on any atom is -0.405 e. The fraction of sp³-hybridized carbons (Fsp3) is 0.208. The van der Waals surface area contributed by atoms with Gasteiger partial charge in [-0.1, -0.05) is 54.9 Å². The van der Waals surface area contributed by atoms with Crippen molar-refractivity contribution in [2.75, 3.05) is 11.1 Å². The van der Waals surface area contributed by atoms with Crippen LogP contribution in [0.5, 0.6) is 5.75 Å². The molecule has 0 heterocycles. The molecular weight excluding hydrogens is 491 g/mol. The van der Waals surface area contributed by atoms with E-state index >= 15 is 0 Å². The average molecular weight is 512 g/mol. The third-order valence-electron chi connectivity index (χ3n) is 4.78. The highest BCUT2D eigenvalue weighted by Crippen LogP contribution is 2.38. The molecule has 0 bridgehead atoms. The quantitative estimate of drug-likeness (QED) is 0.387. The molecular formula is C24H21ClF3NO4S. The largest absolute Gasteiger partial charge is 0.573 e. The molecule has 3 aromatic carbocycles. The van der Waals surface area contributed by atoms with Gasteiger partial charge >= 0.3 is 6.36 Å². The number of alkyl halides is 3. The van der Waals surface area contributed by atoms with E-state index in [0.29, 0.717) is 23.2 Å². The van der Waals surface area contributed by atoms with Gasteiger partial charge in [-0.15, -0.1) is 13.2 Å². The molecule has 180 valence electrons. The molecule has 3 rings (SSSR count). The zero-order valence-electron chi connectivity index (χ0n) is 18.0. The van der Waals surface area contributed by atoms with Crippen molar-refractivity contribution in [3.8, 4) is 16.9 Å². The van der Waals surface area contributed by atoms with E-state index in [-0.39, 0.29) is 33.6 Å². The molecule has 0 spiro atoms. The Kier molecular flexibility index (Phi) is 7.89. The maximum absolute atomic E-state index is 12.7. The summed E-state index contributed by atoms with van der Waals surface area (Å²) in [5, 5.41) is 2.80. The Morgan fingerprint density at radius 2 is 1.68 bits per heavy atom. The standard InChI is InChI=1S/C24H21ClF3NO4S/c1-2-13-34(31,32)18-10-7-16(8-11-18)14-23(30)29-17-9-12-19(21(25)15-17)20-5-3-4-6-22(20)33-24(26,27)28/h3-12,15H,2,13-14H2,1H3,(H,29,30).